The third kappa shape index (κ3) is 4.58. The zero-order valence-electron chi connectivity index (χ0n) is 28.1. The van der Waals surface area contributed by atoms with Gasteiger partial charge < -0.3 is 45.2 Å². The van der Waals surface area contributed by atoms with Crippen LogP contribution in [-0.4, -0.2) is 98.5 Å². The Morgan fingerprint density at radius 3 is 2.20 bits per heavy atom. The van der Waals surface area contributed by atoms with Crippen molar-refractivity contribution in [2.24, 2.45) is 44.3 Å². The Morgan fingerprint density at radius 1 is 0.844 bits per heavy atom. The number of hydrogen-bond donors (Lipinski definition) is 7. The van der Waals surface area contributed by atoms with Gasteiger partial charge in [0.1, 0.15) is 24.4 Å². The third-order valence-corrected chi connectivity index (χ3v) is 14.8. The van der Waals surface area contributed by atoms with E-state index in [2.05, 4.69) is 53.7 Å². The molecule has 256 valence electrons. The summed E-state index contributed by atoms with van der Waals surface area (Å²) in [6.45, 7) is 13.1. The van der Waals surface area contributed by atoms with Crippen molar-refractivity contribution in [1.29, 1.82) is 0 Å². The second-order valence-electron chi connectivity index (χ2n) is 17.5. The van der Waals surface area contributed by atoms with E-state index < -0.39 is 60.4 Å². The fourth-order valence-corrected chi connectivity index (χ4v) is 11.6. The normalized spacial score (nSPS) is 54.1. The number of fused-ring (bicyclic) bond motifs is 6. The number of hydrogen-bond acceptors (Lipinski definition) is 9. The van der Waals surface area contributed by atoms with Crippen molar-refractivity contribution in [1.82, 2.24) is 0 Å². The van der Waals surface area contributed by atoms with Crippen LogP contribution in [0.5, 0.6) is 0 Å². The van der Waals surface area contributed by atoms with Gasteiger partial charge in [0.2, 0.25) is 0 Å². The molecule has 0 aromatic rings. The van der Waals surface area contributed by atoms with Crippen molar-refractivity contribution in [2.75, 3.05) is 19.8 Å². The number of allylic oxidation sites excluding steroid dienone is 3. The van der Waals surface area contributed by atoms with Gasteiger partial charge in [0, 0.05) is 16.2 Å². The third-order valence-electron chi connectivity index (χ3n) is 14.8. The molecule has 14 unspecified atom stereocenters. The molecule has 6 rings (SSSR count). The van der Waals surface area contributed by atoms with Crippen LogP contribution in [0.15, 0.2) is 23.3 Å². The smallest absolute Gasteiger partial charge is 0.186 e. The van der Waals surface area contributed by atoms with Crippen molar-refractivity contribution in [3.05, 3.63) is 23.3 Å². The lowest BCUT2D eigenvalue weighted by atomic mass is 9.35. The monoisotopic (exact) mass is 634 g/mol. The summed E-state index contributed by atoms with van der Waals surface area (Å²) >= 11 is 0. The second-order valence-corrected chi connectivity index (χ2v) is 17.5. The predicted molar refractivity (Wildman–Crippen MR) is 168 cm³/mol. The first-order valence-corrected chi connectivity index (χ1v) is 17.3. The highest BCUT2D eigenvalue weighted by atomic mass is 16.7. The second kappa shape index (κ2) is 11.1. The van der Waals surface area contributed by atoms with E-state index in [1.807, 2.05) is 0 Å². The van der Waals surface area contributed by atoms with E-state index in [1.54, 1.807) is 0 Å². The lowest BCUT2D eigenvalue weighted by molar-refractivity contribution is -0.332. The molecular weight excluding hydrogens is 576 g/mol. The molecule has 5 aliphatic carbocycles. The van der Waals surface area contributed by atoms with E-state index in [1.165, 1.54) is 11.1 Å². The summed E-state index contributed by atoms with van der Waals surface area (Å²) in [5.41, 5.74) is 0.818. The SMILES string of the molecule is CC1(C)CCC2(CO)C(=C3C=CC4C5(C)CCC(OC6OC(CO)C(O)C(O)C6O)C(C)(CO)C5CCC4(C)C3(C)CC2O)C1. The number of ether oxygens (including phenoxy) is 2. The van der Waals surface area contributed by atoms with Gasteiger partial charge in [0.05, 0.1) is 32.0 Å². The Kier molecular flexibility index (Phi) is 8.37. The van der Waals surface area contributed by atoms with Gasteiger partial charge in [-0.3, -0.25) is 0 Å². The molecule has 9 nitrogen and oxygen atoms in total. The predicted octanol–water partition coefficient (Wildman–Crippen LogP) is 2.83. The summed E-state index contributed by atoms with van der Waals surface area (Å²) in [6.07, 6.45) is 3.34. The molecule has 1 aliphatic heterocycles. The van der Waals surface area contributed by atoms with Crippen molar-refractivity contribution in [3.63, 3.8) is 0 Å². The highest BCUT2D eigenvalue weighted by molar-refractivity contribution is 5.47. The average molecular weight is 635 g/mol. The topological polar surface area (TPSA) is 160 Å². The summed E-state index contributed by atoms with van der Waals surface area (Å²) in [5.74, 6) is 0.264. The zero-order valence-corrected chi connectivity index (χ0v) is 28.1. The Balaban J connectivity index is 1.35. The first kappa shape index (κ1) is 34.0. The molecule has 45 heavy (non-hydrogen) atoms. The zero-order chi connectivity index (χ0) is 33.0. The van der Waals surface area contributed by atoms with E-state index in [9.17, 15) is 35.7 Å². The summed E-state index contributed by atoms with van der Waals surface area (Å²) in [5, 5.41) is 74.7. The highest BCUT2D eigenvalue weighted by Crippen LogP contribution is 2.74. The number of rotatable bonds is 5. The minimum Gasteiger partial charge on any atom is -0.396 e. The lowest BCUT2D eigenvalue weighted by Gasteiger charge is -2.70. The molecule has 14 atom stereocenters. The molecule has 3 saturated carbocycles. The standard InChI is InChI=1S/C36H58O9/c1-31(2)13-14-36(19-39)21(15-31)20-7-8-24-32(3)11-10-26(45-30-29(43)28(42)27(41)22(17-37)44-30)33(4,18-38)23(32)9-12-34(24,5)35(20,6)16-25(36)40/h7-8,22-30,37-43H,9-19H2,1-6H3. The first-order valence-electron chi connectivity index (χ1n) is 17.3. The Hall–Kier alpha value is -0.880. The molecule has 7 N–H and O–H groups in total. The summed E-state index contributed by atoms with van der Waals surface area (Å²) < 4.78 is 12.1. The van der Waals surface area contributed by atoms with Crippen LogP contribution in [0.2, 0.25) is 0 Å². The van der Waals surface area contributed by atoms with E-state index in [0.29, 0.717) is 12.8 Å². The fourth-order valence-electron chi connectivity index (χ4n) is 11.6. The van der Waals surface area contributed by atoms with Gasteiger partial charge in [-0.1, -0.05) is 59.3 Å². The van der Waals surface area contributed by atoms with Gasteiger partial charge in [-0.2, -0.15) is 0 Å². The molecule has 1 heterocycles. The largest absolute Gasteiger partial charge is 0.396 e. The van der Waals surface area contributed by atoms with Gasteiger partial charge >= 0.3 is 0 Å². The quantitative estimate of drug-likeness (QED) is 0.226. The maximum absolute atomic E-state index is 11.9. The molecule has 4 fully saturated rings. The van der Waals surface area contributed by atoms with Gasteiger partial charge in [-0.05, 0) is 85.0 Å². The molecule has 9 heteroatoms. The van der Waals surface area contributed by atoms with Crippen LogP contribution in [0, 0.1) is 44.3 Å². The lowest BCUT2D eigenvalue weighted by Crippen LogP contribution is -2.66. The van der Waals surface area contributed by atoms with Crippen LogP contribution in [0.1, 0.15) is 92.9 Å². The van der Waals surface area contributed by atoms with E-state index >= 15 is 0 Å². The first-order chi connectivity index (χ1) is 21.0. The summed E-state index contributed by atoms with van der Waals surface area (Å²) in [7, 11) is 0. The van der Waals surface area contributed by atoms with E-state index in [4.69, 9.17) is 9.47 Å². The Bertz CT molecular complexity index is 1210. The average Bonchev–Trinajstić information content (AvgIpc) is 2.99. The number of aliphatic hydroxyl groups is 7. The minimum atomic E-state index is -1.52. The van der Waals surface area contributed by atoms with Gasteiger partial charge in [0.25, 0.3) is 0 Å². The Labute approximate surface area is 268 Å². The summed E-state index contributed by atoms with van der Waals surface area (Å²) in [6, 6.07) is 0. The molecule has 0 aromatic heterocycles. The molecule has 0 bridgehead atoms. The van der Waals surface area contributed by atoms with Gasteiger partial charge in [0.15, 0.2) is 6.29 Å². The molecule has 6 aliphatic rings. The van der Waals surface area contributed by atoms with Crippen molar-refractivity contribution in [2.45, 2.75) is 136 Å². The molecule has 0 radical (unpaired) electrons. The molecule has 0 spiro atoms. The minimum absolute atomic E-state index is 0.0301. The van der Waals surface area contributed by atoms with Crippen molar-refractivity contribution < 1.29 is 45.2 Å². The van der Waals surface area contributed by atoms with Crippen LogP contribution in [-0.2, 0) is 9.47 Å². The van der Waals surface area contributed by atoms with Crippen molar-refractivity contribution in [3.8, 4) is 0 Å². The molecule has 1 saturated heterocycles. The maximum atomic E-state index is 11.9. The molecule has 0 aromatic carbocycles. The Morgan fingerprint density at radius 2 is 1.56 bits per heavy atom. The van der Waals surface area contributed by atoms with Crippen LogP contribution >= 0.6 is 0 Å². The fraction of sp³-hybridized carbons (Fsp3) is 0.889. The van der Waals surface area contributed by atoms with Crippen LogP contribution in [0.3, 0.4) is 0 Å². The van der Waals surface area contributed by atoms with Crippen molar-refractivity contribution >= 4 is 0 Å². The summed E-state index contributed by atoms with van der Waals surface area (Å²) in [4.78, 5) is 0. The van der Waals surface area contributed by atoms with E-state index in [0.717, 1.165) is 38.5 Å². The number of aliphatic hydroxyl groups excluding tert-OH is 7. The maximum Gasteiger partial charge on any atom is 0.186 e. The molecular formula is C36H58O9. The van der Waals surface area contributed by atoms with Gasteiger partial charge in [-0.15, -0.1) is 0 Å². The highest BCUT2D eigenvalue weighted by Gasteiger charge is 2.69. The van der Waals surface area contributed by atoms with Crippen LogP contribution < -0.4 is 0 Å². The van der Waals surface area contributed by atoms with Crippen LogP contribution in [0.4, 0.5) is 0 Å². The van der Waals surface area contributed by atoms with Crippen LogP contribution in [0.25, 0.3) is 0 Å². The van der Waals surface area contributed by atoms with Gasteiger partial charge in [-0.25, -0.2) is 0 Å². The van der Waals surface area contributed by atoms with E-state index in [-0.39, 0.29) is 46.7 Å². The molecule has 0 amide bonds.